The first-order chi connectivity index (χ1) is 18.5. The maximum Gasteiger partial charge on any atom is 0.434 e. The SMILES string of the molecule is C#CCOc1c(Br)cc(/C=c2\sc3n(c2=O)[C@H](c2ccc(Cl)cc2)C(C(=O)OCC)=C(C(F)(F)F)N=3)cc1I. The number of esters is 1. The molecule has 0 saturated heterocycles. The Hall–Kier alpha value is -2.60. The van der Waals surface area contributed by atoms with Crippen LogP contribution in [0.15, 0.2) is 61.9 Å². The summed E-state index contributed by atoms with van der Waals surface area (Å²) in [6, 6.07) is 7.82. The zero-order valence-corrected chi connectivity index (χ0v) is 25.1. The van der Waals surface area contributed by atoms with Gasteiger partial charge in [0.1, 0.15) is 12.4 Å². The number of ether oxygens (including phenoxy) is 2. The number of allylic oxidation sites excluding steroid dienone is 1. The number of halogens is 6. The second-order valence-electron chi connectivity index (χ2n) is 7.92. The summed E-state index contributed by atoms with van der Waals surface area (Å²) in [6.07, 6.45) is 1.80. The fraction of sp³-hybridized carbons (Fsp3) is 0.192. The molecule has 3 aromatic rings. The third-order valence-electron chi connectivity index (χ3n) is 5.40. The predicted molar refractivity (Wildman–Crippen MR) is 153 cm³/mol. The van der Waals surface area contributed by atoms with Crippen molar-refractivity contribution in [1.29, 1.82) is 0 Å². The zero-order valence-electron chi connectivity index (χ0n) is 19.8. The Kier molecular flexibility index (Phi) is 8.95. The van der Waals surface area contributed by atoms with Gasteiger partial charge in [0.05, 0.1) is 30.8 Å². The predicted octanol–water partition coefficient (Wildman–Crippen LogP) is 5.37. The Morgan fingerprint density at radius 2 is 2.03 bits per heavy atom. The van der Waals surface area contributed by atoms with E-state index in [4.69, 9.17) is 27.5 Å². The van der Waals surface area contributed by atoms with Gasteiger partial charge in [0.15, 0.2) is 10.5 Å². The first kappa shape index (κ1) is 29.4. The minimum Gasteiger partial charge on any atom is -0.479 e. The molecule has 0 spiro atoms. The van der Waals surface area contributed by atoms with Crippen molar-refractivity contribution in [3.05, 3.63) is 91.5 Å². The van der Waals surface area contributed by atoms with Gasteiger partial charge in [-0.1, -0.05) is 41.0 Å². The molecular formula is C26H16BrClF3IN2O4S. The third-order valence-corrected chi connectivity index (χ3v) is 8.02. The number of alkyl halides is 3. The first-order valence-corrected chi connectivity index (χ1v) is 14.1. The molecule has 1 aliphatic rings. The van der Waals surface area contributed by atoms with Gasteiger partial charge in [-0.3, -0.25) is 9.36 Å². The number of hydrogen-bond acceptors (Lipinski definition) is 6. The number of carbonyl (C=O) groups is 1. The van der Waals surface area contributed by atoms with Crippen LogP contribution in [0.5, 0.6) is 5.75 Å². The van der Waals surface area contributed by atoms with Gasteiger partial charge in [0.2, 0.25) is 0 Å². The first-order valence-electron chi connectivity index (χ1n) is 11.1. The van der Waals surface area contributed by atoms with Crippen molar-refractivity contribution in [3.8, 4) is 18.1 Å². The second-order valence-corrected chi connectivity index (χ2v) is 11.4. The van der Waals surface area contributed by atoms with Gasteiger partial charge in [0.25, 0.3) is 5.56 Å². The van der Waals surface area contributed by atoms with E-state index in [0.29, 0.717) is 24.4 Å². The highest BCUT2D eigenvalue weighted by molar-refractivity contribution is 14.1. The average Bonchev–Trinajstić information content (AvgIpc) is 3.17. The largest absolute Gasteiger partial charge is 0.479 e. The van der Waals surface area contributed by atoms with E-state index in [-0.39, 0.29) is 28.1 Å². The molecule has 0 aliphatic carbocycles. The Labute approximate surface area is 251 Å². The van der Waals surface area contributed by atoms with Gasteiger partial charge in [-0.05, 0) is 86.9 Å². The number of rotatable bonds is 6. The zero-order chi connectivity index (χ0) is 28.5. The Bertz CT molecular complexity index is 1690. The second kappa shape index (κ2) is 11.9. The molecule has 0 fully saturated rings. The summed E-state index contributed by atoms with van der Waals surface area (Å²) < 4.78 is 55.6. The van der Waals surface area contributed by atoms with Crippen LogP contribution in [-0.2, 0) is 9.53 Å². The van der Waals surface area contributed by atoms with Crippen LogP contribution < -0.4 is 19.6 Å². The van der Waals surface area contributed by atoms with Gasteiger partial charge in [-0.2, -0.15) is 13.2 Å². The molecule has 0 unspecified atom stereocenters. The van der Waals surface area contributed by atoms with E-state index >= 15 is 0 Å². The Morgan fingerprint density at radius 3 is 2.62 bits per heavy atom. The molecule has 4 rings (SSSR count). The number of terminal acetylenes is 1. The number of aromatic nitrogens is 1. The maximum absolute atomic E-state index is 14.2. The van der Waals surface area contributed by atoms with Crippen molar-refractivity contribution in [1.82, 2.24) is 4.57 Å². The summed E-state index contributed by atoms with van der Waals surface area (Å²) in [5, 5.41) is 0.332. The molecule has 0 radical (unpaired) electrons. The highest BCUT2D eigenvalue weighted by Crippen LogP contribution is 2.38. The van der Waals surface area contributed by atoms with E-state index in [2.05, 4.69) is 26.8 Å². The molecular weight excluding hydrogens is 736 g/mol. The van der Waals surface area contributed by atoms with Gasteiger partial charge >= 0.3 is 12.1 Å². The van der Waals surface area contributed by atoms with E-state index in [1.54, 1.807) is 12.1 Å². The lowest BCUT2D eigenvalue weighted by Crippen LogP contribution is -2.41. The van der Waals surface area contributed by atoms with Crippen LogP contribution in [0.25, 0.3) is 6.08 Å². The van der Waals surface area contributed by atoms with Crippen LogP contribution in [0.3, 0.4) is 0 Å². The standard InChI is InChI=1S/C26H16BrClF3IN2O4S/c1-3-9-38-21-16(27)10-13(11-17(21)32)12-18-23(35)34-20(14-5-7-15(28)8-6-14)19(24(36)37-4-2)22(26(29,30)31)33-25(34)39-18/h1,5-8,10-12,20H,4,9H2,2H3/b18-12-/t20-/m1/s1. The van der Waals surface area contributed by atoms with E-state index in [9.17, 15) is 22.8 Å². The summed E-state index contributed by atoms with van der Waals surface area (Å²) >= 11 is 12.2. The number of fused-ring (bicyclic) bond motifs is 1. The van der Waals surface area contributed by atoms with E-state index in [1.165, 1.54) is 37.3 Å². The minimum atomic E-state index is -4.99. The Morgan fingerprint density at radius 1 is 1.33 bits per heavy atom. The summed E-state index contributed by atoms with van der Waals surface area (Å²) in [4.78, 5) is 30.1. The van der Waals surface area contributed by atoms with Gasteiger partial charge in [-0.25, -0.2) is 9.79 Å². The normalized spacial score (nSPS) is 15.4. The average molecular weight is 752 g/mol. The van der Waals surface area contributed by atoms with Crippen molar-refractivity contribution in [2.75, 3.05) is 13.2 Å². The van der Waals surface area contributed by atoms with E-state index in [1.807, 2.05) is 22.6 Å². The van der Waals surface area contributed by atoms with Crippen molar-refractivity contribution < 1.29 is 27.4 Å². The van der Waals surface area contributed by atoms with Crippen LogP contribution >= 0.6 is 61.5 Å². The van der Waals surface area contributed by atoms with Crippen LogP contribution in [0.4, 0.5) is 13.2 Å². The monoisotopic (exact) mass is 750 g/mol. The van der Waals surface area contributed by atoms with Crippen LogP contribution in [0.1, 0.15) is 24.1 Å². The van der Waals surface area contributed by atoms with Gasteiger partial charge in [0, 0.05) is 5.02 Å². The van der Waals surface area contributed by atoms with Crippen LogP contribution in [0.2, 0.25) is 5.02 Å². The van der Waals surface area contributed by atoms with Crippen molar-refractivity contribution in [3.63, 3.8) is 0 Å². The molecule has 0 bridgehead atoms. The summed E-state index contributed by atoms with van der Waals surface area (Å²) in [5.41, 5.74) is -2.01. The number of carbonyl (C=O) groups excluding carboxylic acids is 1. The molecule has 0 saturated carbocycles. The molecule has 0 N–H and O–H groups in total. The van der Waals surface area contributed by atoms with Crippen molar-refractivity contribution in [2.45, 2.75) is 19.1 Å². The van der Waals surface area contributed by atoms with E-state index in [0.717, 1.165) is 15.9 Å². The quantitative estimate of drug-likeness (QED) is 0.193. The van der Waals surface area contributed by atoms with Gasteiger partial charge < -0.3 is 9.47 Å². The minimum absolute atomic E-state index is 0.0571. The van der Waals surface area contributed by atoms with Crippen molar-refractivity contribution >= 4 is 73.5 Å². The molecule has 1 aromatic heterocycles. The lowest BCUT2D eigenvalue weighted by molar-refractivity contribution is -0.140. The highest BCUT2D eigenvalue weighted by Gasteiger charge is 2.45. The molecule has 2 heterocycles. The fourth-order valence-electron chi connectivity index (χ4n) is 3.87. The fourth-order valence-corrected chi connectivity index (χ4v) is 6.76. The number of thiazole rings is 1. The molecule has 6 nitrogen and oxygen atoms in total. The van der Waals surface area contributed by atoms with Crippen LogP contribution in [-0.4, -0.2) is 29.9 Å². The molecule has 13 heteroatoms. The summed E-state index contributed by atoms with van der Waals surface area (Å²) in [7, 11) is 0. The third kappa shape index (κ3) is 6.11. The molecule has 1 aliphatic heterocycles. The lowest BCUT2D eigenvalue weighted by atomic mass is 9.95. The number of hydrogen-bond donors (Lipinski definition) is 0. The molecule has 39 heavy (non-hydrogen) atoms. The molecule has 1 atom stereocenters. The van der Waals surface area contributed by atoms with E-state index < -0.39 is 35.0 Å². The molecule has 202 valence electrons. The molecule has 2 aromatic carbocycles. The van der Waals surface area contributed by atoms with Gasteiger partial charge in [-0.15, -0.1) is 6.42 Å². The number of benzene rings is 2. The Balaban J connectivity index is 1.98. The number of nitrogens with zero attached hydrogens (tertiary/aromatic N) is 2. The maximum atomic E-state index is 14.2. The molecule has 0 amide bonds. The lowest BCUT2D eigenvalue weighted by Gasteiger charge is -2.26. The topological polar surface area (TPSA) is 69.9 Å². The summed E-state index contributed by atoms with van der Waals surface area (Å²) in [6.45, 7) is 1.36. The van der Waals surface area contributed by atoms with Crippen LogP contribution in [0, 0.1) is 15.9 Å². The van der Waals surface area contributed by atoms with Crippen molar-refractivity contribution in [2.24, 2.45) is 4.99 Å². The summed E-state index contributed by atoms with van der Waals surface area (Å²) in [5.74, 6) is 1.68. The smallest absolute Gasteiger partial charge is 0.434 e. The highest BCUT2D eigenvalue weighted by atomic mass is 127.